The van der Waals surface area contributed by atoms with Gasteiger partial charge in [-0.25, -0.2) is 4.79 Å². The molecular weight excluding hydrogens is 531 g/mol. The zero-order valence-electron chi connectivity index (χ0n) is 19.6. The van der Waals surface area contributed by atoms with Crippen LogP contribution in [-0.4, -0.2) is 36.4 Å². The van der Waals surface area contributed by atoms with Crippen molar-refractivity contribution >= 4 is 29.2 Å². The summed E-state index contributed by atoms with van der Waals surface area (Å²) in [6.07, 6.45) is 3.90. The van der Waals surface area contributed by atoms with Crippen molar-refractivity contribution in [2.24, 2.45) is 5.92 Å². The van der Waals surface area contributed by atoms with Crippen molar-refractivity contribution in [2.45, 2.75) is 32.0 Å². The normalized spacial score (nSPS) is 13.8. The molecule has 196 valence electrons. The molecule has 3 aromatic rings. The number of hydrogen-bond donors (Lipinski definition) is 1. The number of esters is 1. The highest BCUT2D eigenvalue weighted by Gasteiger charge is 2.26. The molecule has 0 aliphatic heterocycles. The summed E-state index contributed by atoms with van der Waals surface area (Å²) in [4.78, 5) is 17.0. The van der Waals surface area contributed by atoms with E-state index < -0.39 is 18.7 Å². The summed E-state index contributed by atoms with van der Waals surface area (Å²) in [5, 5.41) is 10.6. The minimum atomic E-state index is -3.04. The van der Waals surface area contributed by atoms with Crippen LogP contribution < -0.4 is 14.2 Å². The van der Waals surface area contributed by atoms with E-state index in [0.29, 0.717) is 23.7 Å². The number of benzene rings is 2. The first-order valence-electron chi connectivity index (χ1n) is 11.3. The summed E-state index contributed by atoms with van der Waals surface area (Å²) >= 11 is 12.6. The van der Waals surface area contributed by atoms with Crippen molar-refractivity contribution < 1.29 is 37.6 Å². The van der Waals surface area contributed by atoms with Crippen molar-refractivity contribution in [3.63, 3.8) is 0 Å². The number of aromatic nitrogens is 1. The van der Waals surface area contributed by atoms with Crippen molar-refractivity contribution in [3.05, 3.63) is 75.5 Å². The van der Waals surface area contributed by atoms with Crippen LogP contribution in [0.1, 0.15) is 40.4 Å². The topological polar surface area (TPSA) is 87.1 Å². The lowest BCUT2D eigenvalue weighted by Crippen LogP contribution is -2.15. The molecule has 1 fully saturated rings. The summed E-state index contributed by atoms with van der Waals surface area (Å²) in [6.45, 7) is -2.69. The molecule has 1 aliphatic carbocycles. The van der Waals surface area contributed by atoms with E-state index in [0.717, 1.165) is 12.8 Å². The van der Waals surface area contributed by atoms with Gasteiger partial charge in [-0.15, -0.1) is 0 Å². The SMILES string of the molecule is COc1ccc(C(=O)OC(Cc2c(Cl)cncc2Cl)c2ccc(OC(F)F)c(OCC3CC3)c2)cc1O. The summed E-state index contributed by atoms with van der Waals surface area (Å²) < 4.78 is 47.2. The van der Waals surface area contributed by atoms with Crippen LogP contribution in [0.15, 0.2) is 48.8 Å². The highest BCUT2D eigenvalue weighted by Crippen LogP contribution is 2.38. The van der Waals surface area contributed by atoms with Crippen molar-refractivity contribution in [1.82, 2.24) is 4.98 Å². The molecule has 1 atom stereocenters. The van der Waals surface area contributed by atoms with Crippen LogP contribution >= 0.6 is 23.2 Å². The number of methoxy groups -OCH3 is 1. The molecule has 11 heteroatoms. The van der Waals surface area contributed by atoms with Crippen molar-refractivity contribution in [1.29, 1.82) is 0 Å². The Bertz CT molecular complexity index is 1250. The maximum atomic E-state index is 13.1. The van der Waals surface area contributed by atoms with Gasteiger partial charge in [0, 0.05) is 18.8 Å². The fourth-order valence-corrected chi connectivity index (χ4v) is 4.10. The summed E-state index contributed by atoms with van der Waals surface area (Å²) in [6, 6.07) is 8.40. The Morgan fingerprint density at radius 2 is 1.78 bits per heavy atom. The number of rotatable bonds is 11. The van der Waals surface area contributed by atoms with Crippen molar-refractivity contribution in [2.75, 3.05) is 13.7 Å². The van der Waals surface area contributed by atoms with Gasteiger partial charge in [0.1, 0.15) is 6.10 Å². The van der Waals surface area contributed by atoms with Gasteiger partial charge < -0.3 is 24.1 Å². The Labute approximate surface area is 221 Å². The van der Waals surface area contributed by atoms with Crippen LogP contribution in [0, 0.1) is 5.92 Å². The van der Waals surface area contributed by atoms with Gasteiger partial charge in [0.2, 0.25) is 0 Å². The Hall–Kier alpha value is -3.30. The van der Waals surface area contributed by atoms with Crippen LogP contribution in [0.25, 0.3) is 0 Å². The largest absolute Gasteiger partial charge is 0.504 e. The second-order valence-corrected chi connectivity index (χ2v) is 9.22. The molecule has 2 aromatic carbocycles. The first-order valence-corrected chi connectivity index (χ1v) is 12.1. The molecule has 1 saturated carbocycles. The zero-order valence-corrected chi connectivity index (χ0v) is 21.1. The molecule has 4 rings (SSSR count). The summed E-state index contributed by atoms with van der Waals surface area (Å²) in [5.41, 5.74) is 0.975. The lowest BCUT2D eigenvalue weighted by molar-refractivity contribution is -0.0515. The van der Waals surface area contributed by atoms with Gasteiger partial charge >= 0.3 is 12.6 Å². The number of ether oxygens (including phenoxy) is 4. The lowest BCUT2D eigenvalue weighted by atomic mass is 10.0. The molecule has 0 bridgehead atoms. The van der Waals surface area contributed by atoms with E-state index in [4.69, 9.17) is 37.4 Å². The number of nitrogens with zero attached hydrogens (tertiary/aromatic N) is 1. The Balaban J connectivity index is 1.68. The quantitative estimate of drug-likeness (QED) is 0.266. The van der Waals surface area contributed by atoms with Gasteiger partial charge in [0.05, 0.1) is 29.3 Å². The molecule has 37 heavy (non-hydrogen) atoms. The van der Waals surface area contributed by atoms with E-state index in [-0.39, 0.29) is 45.0 Å². The van der Waals surface area contributed by atoms with E-state index >= 15 is 0 Å². The molecular formula is C26H23Cl2F2NO6. The Morgan fingerprint density at radius 3 is 2.41 bits per heavy atom. The second kappa shape index (κ2) is 11.8. The predicted octanol–water partition coefficient (Wildman–Crippen LogP) is 6.63. The molecule has 1 unspecified atom stereocenters. The first kappa shape index (κ1) is 26.8. The minimum absolute atomic E-state index is 0.0468. The number of carbonyl (C=O) groups excluding carboxylic acids is 1. The fraction of sp³-hybridized carbons (Fsp3) is 0.308. The van der Waals surface area contributed by atoms with Crippen LogP contribution in [0.5, 0.6) is 23.0 Å². The minimum Gasteiger partial charge on any atom is -0.504 e. The molecule has 0 saturated heterocycles. The van der Waals surface area contributed by atoms with E-state index in [1.807, 2.05) is 0 Å². The van der Waals surface area contributed by atoms with Crippen molar-refractivity contribution in [3.8, 4) is 23.0 Å². The highest BCUT2D eigenvalue weighted by molar-refractivity contribution is 6.35. The molecule has 0 spiro atoms. The van der Waals surface area contributed by atoms with E-state index in [1.54, 1.807) is 0 Å². The zero-order chi connectivity index (χ0) is 26.5. The first-order chi connectivity index (χ1) is 17.7. The molecule has 7 nitrogen and oxygen atoms in total. The number of phenolic OH excluding ortho intramolecular Hbond substituents is 1. The molecule has 1 aromatic heterocycles. The van der Waals surface area contributed by atoms with Gasteiger partial charge in [-0.05, 0) is 60.2 Å². The third kappa shape index (κ3) is 6.93. The number of pyridine rings is 1. The van der Waals surface area contributed by atoms with Gasteiger partial charge in [0.25, 0.3) is 0 Å². The van der Waals surface area contributed by atoms with E-state index in [2.05, 4.69) is 9.72 Å². The number of hydrogen-bond acceptors (Lipinski definition) is 7. The number of aromatic hydroxyl groups is 1. The van der Waals surface area contributed by atoms with Gasteiger partial charge in [0.15, 0.2) is 23.0 Å². The molecule has 1 aliphatic rings. The van der Waals surface area contributed by atoms with Gasteiger partial charge in [-0.2, -0.15) is 8.78 Å². The third-order valence-corrected chi connectivity index (χ3v) is 6.38. The average molecular weight is 554 g/mol. The monoisotopic (exact) mass is 553 g/mol. The Kier molecular flexibility index (Phi) is 8.56. The molecule has 0 amide bonds. The van der Waals surface area contributed by atoms with E-state index in [1.165, 1.54) is 55.9 Å². The summed E-state index contributed by atoms with van der Waals surface area (Å²) in [5.74, 6) is -0.482. The number of phenols is 1. The number of halogens is 4. The third-order valence-electron chi connectivity index (χ3n) is 5.73. The maximum absolute atomic E-state index is 13.1. The van der Waals surface area contributed by atoms with Crippen LogP contribution in [0.2, 0.25) is 10.0 Å². The average Bonchev–Trinajstić information content (AvgIpc) is 3.69. The highest BCUT2D eigenvalue weighted by atomic mass is 35.5. The smallest absolute Gasteiger partial charge is 0.387 e. The number of carbonyl (C=O) groups is 1. The molecule has 1 heterocycles. The molecule has 1 N–H and O–H groups in total. The van der Waals surface area contributed by atoms with Crippen LogP contribution in [0.4, 0.5) is 8.78 Å². The Morgan fingerprint density at radius 1 is 1.08 bits per heavy atom. The van der Waals surface area contributed by atoms with E-state index in [9.17, 15) is 18.7 Å². The predicted molar refractivity (Wildman–Crippen MR) is 132 cm³/mol. The molecule has 0 radical (unpaired) electrons. The van der Waals surface area contributed by atoms with Crippen LogP contribution in [0.3, 0.4) is 0 Å². The fourth-order valence-electron chi connectivity index (χ4n) is 3.58. The standard InChI is InChI=1S/C26H23Cl2F2NO6/c1-34-21-6-5-16(8-20(21)32)25(33)36-23(10-17-18(27)11-31-12-19(17)28)15-4-7-22(37-26(29)30)24(9-15)35-13-14-2-3-14/h4-9,11-12,14,23,26,32H,2-3,10,13H2,1H3. The number of alkyl halides is 2. The van der Waals surface area contributed by atoms with Gasteiger partial charge in [-0.3, -0.25) is 4.98 Å². The van der Waals surface area contributed by atoms with Crippen LogP contribution in [-0.2, 0) is 11.2 Å². The van der Waals surface area contributed by atoms with Gasteiger partial charge in [-0.1, -0.05) is 29.3 Å². The maximum Gasteiger partial charge on any atom is 0.387 e. The summed E-state index contributed by atoms with van der Waals surface area (Å²) in [7, 11) is 1.38. The second-order valence-electron chi connectivity index (χ2n) is 8.41. The lowest BCUT2D eigenvalue weighted by Gasteiger charge is -2.21.